The van der Waals surface area contributed by atoms with Gasteiger partial charge in [-0.3, -0.25) is 0 Å². The highest BCUT2D eigenvalue weighted by atomic mass is 14.6. The Morgan fingerprint density at radius 3 is 2.15 bits per heavy atom. The van der Waals surface area contributed by atoms with Gasteiger partial charge in [0.1, 0.15) is 0 Å². The zero-order valence-corrected chi connectivity index (χ0v) is 9.70. The monoisotopic (exact) mass is 181 g/mol. The lowest BCUT2D eigenvalue weighted by Gasteiger charge is -2.28. The maximum absolute atomic E-state index is 8.05. The van der Waals surface area contributed by atoms with Crippen molar-refractivity contribution in [2.24, 2.45) is 16.7 Å². The smallest absolute Gasteiger partial charge is 0.0154 e. The van der Waals surface area contributed by atoms with Crippen LogP contribution < -0.4 is 0 Å². The molecule has 1 N–H and O–H groups in total. The van der Waals surface area contributed by atoms with E-state index in [1.165, 1.54) is 12.8 Å². The van der Waals surface area contributed by atoms with E-state index in [0.29, 0.717) is 11.3 Å². The Balaban J connectivity index is 2.75. The number of rotatable bonds is 2. The topological polar surface area (TPSA) is 23.9 Å². The van der Waals surface area contributed by atoms with Crippen LogP contribution in [-0.4, -0.2) is 5.71 Å². The van der Waals surface area contributed by atoms with Crippen LogP contribution in [0.5, 0.6) is 0 Å². The first-order chi connectivity index (χ1) is 5.75. The molecule has 0 radical (unpaired) electrons. The maximum Gasteiger partial charge on any atom is 0.0154 e. The molecule has 0 bridgehead atoms. The molecule has 0 aromatic heterocycles. The second-order valence-corrected chi connectivity index (χ2v) is 6.15. The van der Waals surface area contributed by atoms with E-state index in [-0.39, 0.29) is 5.41 Å². The highest BCUT2D eigenvalue weighted by molar-refractivity contribution is 5.89. The Hall–Kier alpha value is -0.330. The van der Waals surface area contributed by atoms with Crippen LogP contribution in [0.3, 0.4) is 0 Å². The molecule has 0 aromatic rings. The standard InChI is InChI=1S/C12H23N/c1-9(2)6-12(5)8-11(3,4)7-10(12)13/h9,13H,6-8H2,1-5H3/t12-/m0/s1. The van der Waals surface area contributed by atoms with Crippen LogP contribution in [0.4, 0.5) is 0 Å². The van der Waals surface area contributed by atoms with E-state index < -0.39 is 0 Å². The normalized spacial score (nSPS) is 32.9. The fourth-order valence-electron chi connectivity index (χ4n) is 3.01. The van der Waals surface area contributed by atoms with Crippen LogP contribution in [0.2, 0.25) is 0 Å². The summed E-state index contributed by atoms with van der Waals surface area (Å²) >= 11 is 0. The van der Waals surface area contributed by atoms with E-state index in [1.54, 1.807) is 0 Å². The largest absolute Gasteiger partial charge is 0.309 e. The van der Waals surface area contributed by atoms with Crippen LogP contribution in [0.1, 0.15) is 53.9 Å². The van der Waals surface area contributed by atoms with Crippen molar-refractivity contribution in [2.45, 2.75) is 53.9 Å². The summed E-state index contributed by atoms with van der Waals surface area (Å²) in [4.78, 5) is 0. The number of hydrogen-bond acceptors (Lipinski definition) is 1. The third kappa shape index (κ3) is 2.32. The molecule has 1 fully saturated rings. The van der Waals surface area contributed by atoms with Gasteiger partial charge in [-0.2, -0.15) is 0 Å². The van der Waals surface area contributed by atoms with Gasteiger partial charge in [0.25, 0.3) is 0 Å². The molecule has 13 heavy (non-hydrogen) atoms. The molecule has 0 aromatic carbocycles. The Labute approximate surface area is 82.4 Å². The minimum atomic E-state index is 0.192. The van der Waals surface area contributed by atoms with Crippen molar-refractivity contribution in [2.75, 3.05) is 0 Å². The average molecular weight is 181 g/mol. The van der Waals surface area contributed by atoms with Gasteiger partial charge in [-0.1, -0.05) is 34.6 Å². The Morgan fingerprint density at radius 2 is 1.85 bits per heavy atom. The van der Waals surface area contributed by atoms with Crippen molar-refractivity contribution in [1.29, 1.82) is 5.41 Å². The van der Waals surface area contributed by atoms with E-state index >= 15 is 0 Å². The summed E-state index contributed by atoms with van der Waals surface area (Å²) in [6.07, 6.45) is 3.36. The number of nitrogens with one attached hydrogen (secondary N) is 1. The lowest BCUT2D eigenvalue weighted by atomic mass is 9.77. The molecule has 1 atom stereocenters. The summed E-state index contributed by atoms with van der Waals surface area (Å²) in [7, 11) is 0. The zero-order valence-electron chi connectivity index (χ0n) is 9.70. The predicted molar refractivity (Wildman–Crippen MR) is 58.3 cm³/mol. The summed E-state index contributed by atoms with van der Waals surface area (Å²) in [6.45, 7) is 11.3. The fraction of sp³-hybridized carbons (Fsp3) is 0.917. The van der Waals surface area contributed by atoms with Crippen LogP contribution in [0, 0.1) is 22.2 Å². The van der Waals surface area contributed by atoms with Gasteiger partial charge < -0.3 is 5.41 Å². The summed E-state index contributed by atoms with van der Waals surface area (Å²) < 4.78 is 0. The Bertz CT molecular complexity index is 215. The lowest BCUT2D eigenvalue weighted by Crippen LogP contribution is -2.23. The lowest BCUT2D eigenvalue weighted by molar-refractivity contribution is 0.266. The molecule has 0 unspecified atom stereocenters. The van der Waals surface area contributed by atoms with Crippen molar-refractivity contribution >= 4 is 5.71 Å². The van der Waals surface area contributed by atoms with Gasteiger partial charge in [0.15, 0.2) is 0 Å². The SMILES string of the molecule is CC(C)C[C@@]1(C)CC(C)(C)CC1=N. The van der Waals surface area contributed by atoms with Gasteiger partial charge in [-0.15, -0.1) is 0 Å². The minimum Gasteiger partial charge on any atom is -0.309 e. The molecule has 1 aliphatic carbocycles. The highest BCUT2D eigenvalue weighted by Crippen LogP contribution is 2.49. The van der Waals surface area contributed by atoms with E-state index in [4.69, 9.17) is 5.41 Å². The van der Waals surface area contributed by atoms with Crippen molar-refractivity contribution < 1.29 is 0 Å². The van der Waals surface area contributed by atoms with Gasteiger partial charge in [0.2, 0.25) is 0 Å². The van der Waals surface area contributed by atoms with Gasteiger partial charge in [-0.05, 0) is 30.6 Å². The van der Waals surface area contributed by atoms with E-state index in [0.717, 1.165) is 12.1 Å². The first kappa shape index (κ1) is 10.7. The van der Waals surface area contributed by atoms with Gasteiger partial charge in [-0.25, -0.2) is 0 Å². The summed E-state index contributed by atoms with van der Waals surface area (Å²) in [6, 6.07) is 0. The second kappa shape index (κ2) is 3.11. The van der Waals surface area contributed by atoms with E-state index in [1.807, 2.05) is 0 Å². The highest BCUT2D eigenvalue weighted by Gasteiger charge is 2.44. The molecule has 1 nitrogen and oxygen atoms in total. The van der Waals surface area contributed by atoms with Crippen LogP contribution in [0.25, 0.3) is 0 Å². The average Bonchev–Trinajstić information content (AvgIpc) is 1.98. The van der Waals surface area contributed by atoms with E-state index in [2.05, 4.69) is 34.6 Å². The second-order valence-electron chi connectivity index (χ2n) is 6.15. The Morgan fingerprint density at radius 1 is 1.31 bits per heavy atom. The molecule has 1 saturated carbocycles. The van der Waals surface area contributed by atoms with Crippen molar-refractivity contribution in [1.82, 2.24) is 0 Å². The first-order valence-corrected chi connectivity index (χ1v) is 5.33. The molecule has 0 amide bonds. The molecule has 0 heterocycles. The van der Waals surface area contributed by atoms with Gasteiger partial charge in [0.05, 0.1) is 0 Å². The quantitative estimate of drug-likeness (QED) is 0.668. The molecule has 1 aliphatic rings. The van der Waals surface area contributed by atoms with Gasteiger partial charge >= 0.3 is 0 Å². The molecular formula is C12H23N. The van der Waals surface area contributed by atoms with Crippen LogP contribution in [0.15, 0.2) is 0 Å². The van der Waals surface area contributed by atoms with Gasteiger partial charge in [0, 0.05) is 11.1 Å². The summed E-state index contributed by atoms with van der Waals surface area (Å²) in [5.74, 6) is 0.708. The predicted octanol–water partition coefficient (Wildman–Crippen LogP) is 3.88. The molecule has 0 saturated heterocycles. The Kier molecular flexibility index (Phi) is 2.57. The first-order valence-electron chi connectivity index (χ1n) is 5.33. The minimum absolute atomic E-state index is 0.192. The molecule has 1 rings (SSSR count). The summed E-state index contributed by atoms with van der Waals surface area (Å²) in [5.41, 5.74) is 1.53. The molecule has 1 heteroatoms. The number of hydrogen-bond donors (Lipinski definition) is 1. The summed E-state index contributed by atoms with van der Waals surface area (Å²) in [5, 5.41) is 8.05. The molecule has 0 aliphatic heterocycles. The fourth-order valence-corrected chi connectivity index (χ4v) is 3.01. The van der Waals surface area contributed by atoms with Crippen LogP contribution in [-0.2, 0) is 0 Å². The zero-order chi connectivity index (χ0) is 10.3. The third-order valence-electron chi connectivity index (χ3n) is 3.11. The third-order valence-corrected chi connectivity index (χ3v) is 3.11. The molecular weight excluding hydrogens is 158 g/mol. The molecule has 76 valence electrons. The van der Waals surface area contributed by atoms with Crippen molar-refractivity contribution in [3.8, 4) is 0 Å². The molecule has 0 spiro atoms. The van der Waals surface area contributed by atoms with Crippen molar-refractivity contribution in [3.05, 3.63) is 0 Å². The maximum atomic E-state index is 8.05. The van der Waals surface area contributed by atoms with E-state index in [9.17, 15) is 0 Å². The van der Waals surface area contributed by atoms with Crippen LogP contribution >= 0.6 is 0 Å². The van der Waals surface area contributed by atoms with Crippen molar-refractivity contribution in [3.63, 3.8) is 0 Å².